The van der Waals surface area contributed by atoms with Crippen LogP contribution in [0.3, 0.4) is 0 Å². The highest BCUT2D eigenvalue weighted by Crippen LogP contribution is 2.20. The monoisotopic (exact) mass is 248 g/mol. The SMILES string of the molecule is COc1cccc(C(=O)N(C)c2nccs2)c1. The van der Waals surface area contributed by atoms with Crippen molar-refractivity contribution in [2.75, 3.05) is 19.1 Å². The van der Waals surface area contributed by atoms with E-state index < -0.39 is 0 Å². The lowest BCUT2D eigenvalue weighted by Crippen LogP contribution is -2.25. The summed E-state index contributed by atoms with van der Waals surface area (Å²) in [5.74, 6) is 0.572. The number of benzene rings is 1. The van der Waals surface area contributed by atoms with Crippen LogP contribution in [0.15, 0.2) is 35.8 Å². The molecule has 1 aromatic carbocycles. The van der Waals surface area contributed by atoms with Gasteiger partial charge in [-0.25, -0.2) is 4.98 Å². The number of methoxy groups -OCH3 is 1. The van der Waals surface area contributed by atoms with Crippen molar-refractivity contribution >= 4 is 22.4 Å². The molecular formula is C12H12N2O2S. The molecule has 0 spiro atoms. The lowest BCUT2D eigenvalue weighted by molar-refractivity contribution is 0.0992. The maximum atomic E-state index is 12.1. The Morgan fingerprint density at radius 1 is 1.47 bits per heavy atom. The van der Waals surface area contributed by atoms with E-state index in [1.807, 2.05) is 5.38 Å². The average Bonchev–Trinajstić information content (AvgIpc) is 2.91. The number of rotatable bonds is 3. The Bertz CT molecular complexity index is 511. The van der Waals surface area contributed by atoms with E-state index >= 15 is 0 Å². The molecule has 0 N–H and O–H groups in total. The second-order valence-electron chi connectivity index (χ2n) is 3.41. The molecular weight excluding hydrogens is 236 g/mol. The van der Waals surface area contributed by atoms with E-state index in [0.29, 0.717) is 16.4 Å². The highest BCUT2D eigenvalue weighted by atomic mass is 32.1. The van der Waals surface area contributed by atoms with Crippen LogP contribution in [0.1, 0.15) is 10.4 Å². The Kier molecular flexibility index (Phi) is 3.39. The number of hydrogen-bond donors (Lipinski definition) is 0. The molecule has 5 heteroatoms. The number of hydrogen-bond acceptors (Lipinski definition) is 4. The molecule has 1 heterocycles. The van der Waals surface area contributed by atoms with Gasteiger partial charge in [-0.05, 0) is 18.2 Å². The number of carbonyl (C=O) groups excluding carboxylic acids is 1. The molecule has 0 aliphatic rings. The molecule has 0 saturated carbocycles. The van der Waals surface area contributed by atoms with Gasteiger partial charge in [0.2, 0.25) is 0 Å². The van der Waals surface area contributed by atoms with Gasteiger partial charge in [-0.1, -0.05) is 6.07 Å². The van der Waals surface area contributed by atoms with Gasteiger partial charge in [-0.15, -0.1) is 11.3 Å². The molecule has 0 aliphatic carbocycles. The van der Waals surface area contributed by atoms with Crippen LogP contribution in [0.25, 0.3) is 0 Å². The molecule has 0 atom stereocenters. The Morgan fingerprint density at radius 3 is 2.94 bits per heavy atom. The maximum absolute atomic E-state index is 12.1. The third kappa shape index (κ3) is 2.45. The van der Waals surface area contributed by atoms with Crippen LogP contribution < -0.4 is 9.64 Å². The fraction of sp³-hybridized carbons (Fsp3) is 0.167. The quantitative estimate of drug-likeness (QED) is 0.837. The van der Waals surface area contributed by atoms with Gasteiger partial charge in [-0.2, -0.15) is 0 Å². The van der Waals surface area contributed by atoms with Gasteiger partial charge in [-0.3, -0.25) is 9.69 Å². The number of carbonyl (C=O) groups is 1. The van der Waals surface area contributed by atoms with E-state index in [1.54, 1.807) is 44.6 Å². The number of amides is 1. The highest BCUT2D eigenvalue weighted by Gasteiger charge is 2.15. The lowest BCUT2D eigenvalue weighted by atomic mass is 10.2. The molecule has 0 saturated heterocycles. The summed E-state index contributed by atoms with van der Waals surface area (Å²) >= 11 is 1.43. The van der Waals surface area contributed by atoms with E-state index in [2.05, 4.69) is 4.98 Å². The van der Waals surface area contributed by atoms with Crippen molar-refractivity contribution in [2.24, 2.45) is 0 Å². The molecule has 0 aliphatic heterocycles. The Morgan fingerprint density at radius 2 is 2.29 bits per heavy atom. The van der Waals surface area contributed by atoms with Gasteiger partial charge >= 0.3 is 0 Å². The predicted molar refractivity (Wildman–Crippen MR) is 67.8 cm³/mol. The van der Waals surface area contributed by atoms with Gasteiger partial charge < -0.3 is 4.74 Å². The van der Waals surface area contributed by atoms with Crippen LogP contribution in [-0.2, 0) is 0 Å². The standard InChI is InChI=1S/C12H12N2O2S/c1-14(12-13-6-7-17-12)11(15)9-4-3-5-10(8-9)16-2/h3-8H,1-2H3. The van der Waals surface area contributed by atoms with Crippen molar-refractivity contribution in [3.8, 4) is 5.75 Å². The molecule has 0 radical (unpaired) electrons. The molecule has 0 bridgehead atoms. The smallest absolute Gasteiger partial charge is 0.259 e. The van der Waals surface area contributed by atoms with Gasteiger partial charge in [0.1, 0.15) is 5.75 Å². The lowest BCUT2D eigenvalue weighted by Gasteiger charge is -2.14. The largest absolute Gasteiger partial charge is 0.497 e. The summed E-state index contributed by atoms with van der Waals surface area (Å²) in [4.78, 5) is 17.8. The minimum absolute atomic E-state index is 0.0983. The maximum Gasteiger partial charge on any atom is 0.259 e. The molecule has 1 amide bonds. The van der Waals surface area contributed by atoms with Crippen LogP contribution in [0.2, 0.25) is 0 Å². The molecule has 4 nitrogen and oxygen atoms in total. The summed E-state index contributed by atoms with van der Waals surface area (Å²) in [6.07, 6.45) is 1.68. The number of ether oxygens (including phenoxy) is 1. The van der Waals surface area contributed by atoms with Gasteiger partial charge in [0.25, 0.3) is 5.91 Å². The summed E-state index contributed by atoms with van der Waals surface area (Å²) in [7, 11) is 3.29. The van der Waals surface area contributed by atoms with Crippen molar-refractivity contribution in [1.82, 2.24) is 4.98 Å². The zero-order chi connectivity index (χ0) is 12.3. The van der Waals surface area contributed by atoms with Crippen molar-refractivity contribution < 1.29 is 9.53 Å². The van der Waals surface area contributed by atoms with Crippen LogP contribution in [0, 0.1) is 0 Å². The Balaban J connectivity index is 2.24. The van der Waals surface area contributed by atoms with Crippen LogP contribution in [0.5, 0.6) is 5.75 Å². The Labute approximate surface area is 103 Å². The van der Waals surface area contributed by atoms with E-state index in [1.165, 1.54) is 16.2 Å². The van der Waals surface area contributed by atoms with Crippen molar-refractivity contribution in [3.05, 3.63) is 41.4 Å². The average molecular weight is 248 g/mol. The second kappa shape index (κ2) is 4.97. The minimum atomic E-state index is -0.0983. The van der Waals surface area contributed by atoms with Crippen molar-refractivity contribution in [3.63, 3.8) is 0 Å². The van der Waals surface area contributed by atoms with Crippen LogP contribution >= 0.6 is 11.3 Å². The normalized spacial score (nSPS) is 10.0. The van der Waals surface area contributed by atoms with Crippen LogP contribution in [-0.4, -0.2) is 25.0 Å². The minimum Gasteiger partial charge on any atom is -0.497 e. The Hall–Kier alpha value is -1.88. The fourth-order valence-corrected chi connectivity index (χ4v) is 2.02. The van der Waals surface area contributed by atoms with E-state index in [4.69, 9.17) is 4.74 Å². The first kappa shape index (κ1) is 11.6. The number of thiazole rings is 1. The summed E-state index contributed by atoms with van der Waals surface area (Å²) in [6.45, 7) is 0. The van der Waals surface area contributed by atoms with Gasteiger partial charge in [0, 0.05) is 24.2 Å². The third-order valence-corrected chi connectivity index (χ3v) is 3.18. The second-order valence-corrected chi connectivity index (χ2v) is 4.28. The first-order valence-electron chi connectivity index (χ1n) is 5.04. The zero-order valence-corrected chi connectivity index (χ0v) is 10.4. The number of nitrogens with zero attached hydrogens (tertiary/aromatic N) is 2. The summed E-state index contributed by atoms with van der Waals surface area (Å²) in [6, 6.07) is 7.07. The molecule has 17 heavy (non-hydrogen) atoms. The van der Waals surface area contributed by atoms with Crippen molar-refractivity contribution in [1.29, 1.82) is 0 Å². The van der Waals surface area contributed by atoms with Crippen molar-refractivity contribution in [2.45, 2.75) is 0 Å². The predicted octanol–water partition coefficient (Wildman–Crippen LogP) is 2.43. The van der Waals surface area contributed by atoms with Crippen LogP contribution in [0.4, 0.5) is 5.13 Å². The van der Waals surface area contributed by atoms with Gasteiger partial charge in [0.15, 0.2) is 5.13 Å². The number of aromatic nitrogens is 1. The first-order chi connectivity index (χ1) is 8.22. The molecule has 88 valence electrons. The molecule has 2 rings (SSSR count). The fourth-order valence-electron chi connectivity index (χ4n) is 1.42. The summed E-state index contributed by atoms with van der Waals surface area (Å²) < 4.78 is 5.09. The molecule has 0 fully saturated rings. The topological polar surface area (TPSA) is 42.4 Å². The zero-order valence-electron chi connectivity index (χ0n) is 9.58. The molecule has 1 aromatic heterocycles. The summed E-state index contributed by atoms with van der Waals surface area (Å²) in [5.41, 5.74) is 0.585. The molecule has 2 aromatic rings. The number of anilines is 1. The van der Waals surface area contributed by atoms with Gasteiger partial charge in [0.05, 0.1) is 7.11 Å². The summed E-state index contributed by atoms with van der Waals surface area (Å²) in [5, 5.41) is 2.52. The first-order valence-corrected chi connectivity index (χ1v) is 5.92. The molecule has 0 unspecified atom stereocenters. The van der Waals surface area contributed by atoms with E-state index in [9.17, 15) is 4.79 Å². The van der Waals surface area contributed by atoms with E-state index in [0.717, 1.165) is 0 Å². The third-order valence-electron chi connectivity index (χ3n) is 2.33. The van der Waals surface area contributed by atoms with E-state index in [-0.39, 0.29) is 5.91 Å². The highest BCUT2D eigenvalue weighted by molar-refractivity contribution is 7.13.